The Hall–Kier alpha value is -3.87. The van der Waals surface area contributed by atoms with E-state index in [9.17, 15) is 9.18 Å². The van der Waals surface area contributed by atoms with Crippen molar-refractivity contribution in [1.29, 1.82) is 0 Å². The lowest BCUT2D eigenvalue weighted by Crippen LogP contribution is -2.38. The Morgan fingerprint density at radius 1 is 0.938 bits per heavy atom. The Labute approximate surface area is 185 Å². The molecule has 32 heavy (non-hydrogen) atoms. The summed E-state index contributed by atoms with van der Waals surface area (Å²) in [6.45, 7) is 2.76. The highest BCUT2D eigenvalue weighted by molar-refractivity contribution is 5.82. The fourth-order valence-electron chi connectivity index (χ4n) is 4.32. The van der Waals surface area contributed by atoms with Crippen molar-refractivity contribution in [3.05, 3.63) is 101 Å². The van der Waals surface area contributed by atoms with E-state index in [0.29, 0.717) is 25.3 Å². The lowest BCUT2D eigenvalue weighted by Gasteiger charge is -2.27. The molecule has 1 amide bonds. The number of rotatable bonds is 4. The van der Waals surface area contributed by atoms with Crippen LogP contribution in [0.2, 0.25) is 0 Å². The first-order valence-corrected chi connectivity index (χ1v) is 10.5. The maximum absolute atomic E-state index is 13.9. The van der Waals surface area contributed by atoms with E-state index in [1.165, 1.54) is 12.1 Å². The highest BCUT2D eigenvalue weighted by Crippen LogP contribution is 2.33. The minimum absolute atomic E-state index is 0.0729. The summed E-state index contributed by atoms with van der Waals surface area (Å²) in [6.07, 6.45) is 0.366. The quantitative estimate of drug-likeness (QED) is 0.492. The Bertz CT molecular complexity index is 1220. The van der Waals surface area contributed by atoms with Crippen molar-refractivity contribution in [3.8, 4) is 11.1 Å². The molecular formula is C25H22FN5O. The number of tetrazole rings is 1. The zero-order chi connectivity index (χ0) is 22.1. The van der Waals surface area contributed by atoms with E-state index in [4.69, 9.17) is 0 Å². The van der Waals surface area contributed by atoms with E-state index < -0.39 is 6.04 Å². The molecule has 7 heteroatoms. The SMILES string of the molecule is Cc1nnnn1C(Cc1ccc(F)cc1)C(=O)N1Cc2ccccc2-c2ccccc2C1. The molecule has 0 spiro atoms. The number of hydrogen-bond acceptors (Lipinski definition) is 4. The first-order chi connectivity index (χ1) is 15.6. The van der Waals surface area contributed by atoms with Crippen LogP contribution in [0.25, 0.3) is 11.1 Å². The normalized spacial score (nSPS) is 13.8. The number of hydrogen-bond donors (Lipinski definition) is 0. The number of carbonyl (C=O) groups is 1. The molecule has 4 aromatic rings. The molecule has 1 atom stereocenters. The predicted molar refractivity (Wildman–Crippen MR) is 118 cm³/mol. The number of aromatic nitrogens is 4. The van der Waals surface area contributed by atoms with Crippen molar-refractivity contribution in [2.45, 2.75) is 32.5 Å². The molecule has 160 valence electrons. The minimum Gasteiger partial charge on any atom is -0.332 e. The number of aryl methyl sites for hydroxylation is 1. The van der Waals surface area contributed by atoms with Crippen LogP contribution < -0.4 is 0 Å². The zero-order valence-corrected chi connectivity index (χ0v) is 17.6. The first kappa shape index (κ1) is 20.1. The van der Waals surface area contributed by atoms with Crippen molar-refractivity contribution in [1.82, 2.24) is 25.1 Å². The van der Waals surface area contributed by atoms with Crippen LogP contribution in [0.3, 0.4) is 0 Å². The van der Waals surface area contributed by atoms with Crippen LogP contribution >= 0.6 is 0 Å². The van der Waals surface area contributed by atoms with Crippen molar-refractivity contribution >= 4 is 5.91 Å². The van der Waals surface area contributed by atoms with Gasteiger partial charge < -0.3 is 4.90 Å². The first-order valence-electron chi connectivity index (χ1n) is 10.5. The van der Waals surface area contributed by atoms with Gasteiger partial charge in [-0.25, -0.2) is 9.07 Å². The molecular weight excluding hydrogens is 405 g/mol. The van der Waals surface area contributed by atoms with Gasteiger partial charge in [-0.1, -0.05) is 60.7 Å². The largest absolute Gasteiger partial charge is 0.332 e. The number of nitrogens with zero attached hydrogens (tertiary/aromatic N) is 5. The summed E-state index contributed by atoms with van der Waals surface area (Å²) in [5.74, 6) is 0.174. The van der Waals surface area contributed by atoms with Crippen LogP contribution in [0.1, 0.15) is 28.6 Å². The second-order valence-electron chi connectivity index (χ2n) is 8.03. The van der Waals surface area contributed by atoms with Gasteiger partial charge in [-0.3, -0.25) is 4.79 Å². The fraction of sp³-hybridized carbons (Fsp3) is 0.200. The van der Waals surface area contributed by atoms with E-state index in [2.05, 4.69) is 39.8 Å². The number of amides is 1. The van der Waals surface area contributed by atoms with Gasteiger partial charge in [-0.2, -0.15) is 0 Å². The van der Waals surface area contributed by atoms with Crippen LogP contribution in [-0.4, -0.2) is 31.0 Å². The molecule has 1 aliphatic rings. The average molecular weight is 427 g/mol. The molecule has 0 fully saturated rings. The van der Waals surface area contributed by atoms with Crippen molar-refractivity contribution in [2.24, 2.45) is 0 Å². The number of halogens is 1. The van der Waals surface area contributed by atoms with Crippen LogP contribution in [-0.2, 0) is 24.3 Å². The molecule has 5 rings (SSSR count). The monoisotopic (exact) mass is 427 g/mol. The van der Waals surface area contributed by atoms with Gasteiger partial charge in [0, 0.05) is 19.5 Å². The molecule has 2 heterocycles. The van der Waals surface area contributed by atoms with Crippen molar-refractivity contribution in [3.63, 3.8) is 0 Å². The van der Waals surface area contributed by atoms with Gasteiger partial charge in [0.15, 0.2) is 0 Å². The summed E-state index contributed by atoms with van der Waals surface area (Å²) in [5.41, 5.74) is 5.33. The molecule has 6 nitrogen and oxygen atoms in total. The van der Waals surface area contributed by atoms with Gasteiger partial charge in [-0.15, -0.1) is 5.10 Å². The Balaban J connectivity index is 1.54. The van der Waals surface area contributed by atoms with Gasteiger partial charge in [0.25, 0.3) is 0 Å². The second kappa shape index (κ2) is 8.34. The Kier molecular flexibility index (Phi) is 5.23. The molecule has 3 aromatic carbocycles. The zero-order valence-electron chi connectivity index (χ0n) is 17.6. The van der Waals surface area contributed by atoms with Crippen LogP contribution in [0.15, 0.2) is 72.8 Å². The third kappa shape index (κ3) is 3.77. The molecule has 0 saturated carbocycles. The highest BCUT2D eigenvalue weighted by atomic mass is 19.1. The maximum Gasteiger partial charge on any atom is 0.248 e. The predicted octanol–water partition coefficient (Wildman–Crippen LogP) is 4.11. The molecule has 0 saturated heterocycles. The molecule has 1 aliphatic heterocycles. The van der Waals surface area contributed by atoms with E-state index >= 15 is 0 Å². The van der Waals surface area contributed by atoms with Crippen LogP contribution in [0, 0.1) is 12.7 Å². The summed E-state index contributed by atoms with van der Waals surface area (Å²) < 4.78 is 15.0. The Morgan fingerprint density at radius 2 is 1.53 bits per heavy atom. The van der Waals surface area contributed by atoms with E-state index in [-0.39, 0.29) is 11.7 Å². The van der Waals surface area contributed by atoms with Gasteiger partial charge in [0.2, 0.25) is 5.91 Å². The summed E-state index contributed by atoms with van der Waals surface area (Å²) in [6, 6.07) is 21.9. The van der Waals surface area contributed by atoms with Crippen molar-refractivity contribution < 1.29 is 9.18 Å². The number of benzene rings is 3. The number of fused-ring (bicyclic) bond motifs is 3. The summed E-state index contributed by atoms with van der Waals surface area (Å²) in [5, 5.41) is 11.8. The topological polar surface area (TPSA) is 63.9 Å². The summed E-state index contributed by atoms with van der Waals surface area (Å²) >= 11 is 0. The molecule has 0 aliphatic carbocycles. The minimum atomic E-state index is -0.632. The van der Waals surface area contributed by atoms with Gasteiger partial charge >= 0.3 is 0 Å². The molecule has 1 unspecified atom stereocenters. The van der Waals surface area contributed by atoms with Gasteiger partial charge in [-0.05, 0) is 57.3 Å². The Morgan fingerprint density at radius 3 is 2.09 bits per heavy atom. The number of carbonyl (C=O) groups excluding carboxylic acids is 1. The van der Waals surface area contributed by atoms with Crippen LogP contribution in [0.5, 0.6) is 0 Å². The van der Waals surface area contributed by atoms with Crippen LogP contribution in [0.4, 0.5) is 4.39 Å². The van der Waals surface area contributed by atoms with Crippen molar-refractivity contribution in [2.75, 3.05) is 0 Å². The maximum atomic E-state index is 13.9. The lowest BCUT2D eigenvalue weighted by molar-refractivity contribution is -0.136. The molecule has 1 aromatic heterocycles. The van der Waals surface area contributed by atoms with E-state index in [0.717, 1.165) is 27.8 Å². The second-order valence-corrected chi connectivity index (χ2v) is 8.03. The molecule has 0 N–H and O–H groups in total. The standard InChI is InChI=1S/C25H22FN5O/c1-17-27-28-29-31(17)24(14-18-10-12-21(26)13-11-18)25(32)30-15-19-6-2-4-8-22(19)23-9-5-3-7-20(23)16-30/h2-13,24H,14-16H2,1H3. The third-order valence-corrected chi connectivity index (χ3v) is 5.94. The summed E-state index contributed by atoms with van der Waals surface area (Å²) in [4.78, 5) is 15.8. The lowest BCUT2D eigenvalue weighted by atomic mass is 9.97. The molecule has 0 radical (unpaired) electrons. The smallest absolute Gasteiger partial charge is 0.248 e. The highest BCUT2D eigenvalue weighted by Gasteiger charge is 2.31. The van der Waals surface area contributed by atoms with Gasteiger partial charge in [0.05, 0.1) is 0 Å². The van der Waals surface area contributed by atoms with E-state index in [1.807, 2.05) is 29.2 Å². The molecule has 0 bridgehead atoms. The van der Waals surface area contributed by atoms with Gasteiger partial charge in [0.1, 0.15) is 17.7 Å². The average Bonchev–Trinajstić information content (AvgIpc) is 3.16. The fourth-order valence-corrected chi connectivity index (χ4v) is 4.32. The third-order valence-electron chi connectivity index (χ3n) is 5.94. The summed E-state index contributed by atoms with van der Waals surface area (Å²) in [7, 11) is 0. The van der Waals surface area contributed by atoms with E-state index in [1.54, 1.807) is 23.7 Å².